The van der Waals surface area contributed by atoms with Crippen molar-refractivity contribution in [3.63, 3.8) is 0 Å². The largest absolute Gasteiger partial charge is 0.480 e. The predicted molar refractivity (Wildman–Crippen MR) is 82.8 cm³/mol. The van der Waals surface area contributed by atoms with Crippen LogP contribution < -0.4 is 5.73 Å². The Balaban J connectivity index is 2.68. The van der Waals surface area contributed by atoms with Crippen LogP contribution in [0, 0.1) is 17.8 Å². The lowest BCUT2D eigenvalue weighted by Gasteiger charge is -2.37. The molecular weight excluding hydrogens is 268 g/mol. The predicted octanol–water partition coefficient (Wildman–Crippen LogP) is 2.10. The summed E-state index contributed by atoms with van der Waals surface area (Å²) in [7, 11) is 0. The summed E-state index contributed by atoms with van der Waals surface area (Å²) in [4.78, 5) is 25.5. The van der Waals surface area contributed by atoms with E-state index in [1.54, 1.807) is 4.90 Å². The average Bonchev–Trinajstić information content (AvgIpc) is 2.45. The van der Waals surface area contributed by atoms with Gasteiger partial charge in [-0.05, 0) is 43.6 Å². The Hall–Kier alpha value is -1.10. The first kappa shape index (κ1) is 18.0. The van der Waals surface area contributed by atoms with Gasteiger partial charge in [-0.1, -0.05) is 27.2 Å². The third-order valence-corrected chi connectivity index (χ3v) is 4.50. The standard InChI is InChI=1S/C16H30N2O3/c1-4-12-5-6-18(14(8-12)16(20)21)15(19)9-13(10-17)7-11(2)3/h11-14H,4-10,17H2,1-3H3,(H,20,21). The molecule has 1 aliphatic heterocycles. The topological polar surface area (TPSA) is 83.6 Å². The molecule has 0 aromatic heterocycles. The van der Waals surface area contributed by atoms with Crippen LogP contribution in [0.1, 0.15) is 52.9 Å². The molecule has 0 aromatic rings. The number of nitrogens with two attached hydrogens (primary N) is 1. The summed E-state index contributed by atoms with van der Waals surface area (Å²) in [5.74, 6) is 0.127. The Bertz CT molecular complexity index is 357. The van der Waals surface area contributed by atoms with Crippen molar-refractivity contribution in [2.45, 2.75) is 58.9 Å². The molecule has 0 spiro atoms. The lowest BCUT2D eigenvalue weighted by molar-refractivity contribution is -0.153. The minimum atomic E-state index is -0.880. The van der Waals surface area contributed by atoms with Gasteiger partial charge in [0, 0.05) is 13.0 Å². The SMILES string of the molecule is CCC1CCN(C(=O)CC(CN)CC(C)C)C(C(=O)O)C1. The normalized spacial score (nSPS) is 24.1. The van der Waals surface area contributed by atoms with Crippen molar-refractivity contribution < 1.29 is 14.7 Å². The van der Waals surface area contributed by atoms with Gasteiger partial charge in [0.15, 0.2) is 0 Å². The summed E-state index contributed by atoms with van der Waals surface area (Å²) in [6, 6.07) is -0.659. The van der Waals surface area contributed by atoms with E-state index >= 15 is 0 Å². The van der Waals surface area contributed by atoms with Gasteiger partial charge in [0.1, 0.15) is 6.04 Å². The van der Waals surface area contributed by atoms with E-state index in [-0.39, 0.29) is 11.8 Å². The number of aliphatic carboxylic acids is 1. The number of nitrogens with zero attached hydrogens (tertiary/aromatic N) is 1. The minimum Gasteiger partial charge on any atom is -0.480 e. The molecule has 1 rings (SSSR count). The number of carbonyl (C=O) groups excluding carboxylic acids is 1. The molecule has 122 valence electrons. The third-order valence-electron chi connectivity index (χ3n) is 4.50. The lowest BCUT2D eigenvalue weighted by Crippen LogP contribution is -2.50. The molecule has 1 saturated heterocycles. The second-order valence-corrected chi connectivity index (χ2v) is 6.68. The second-order valence-electron chi connectivity index (χ2n) is 6.68. The smallest absolute Gasteiger partial charge is 0.326 e. The molecule has 0 aliphatic carbocycles. The molecule has 1 heterocycles. The first-order valence-corrected chi connectivity index (χ1v) is 8.11. The number of carboxylic acid groups (broad SMARTS) is 1. The minimum absolute atomic E-state index is 0.0481. The van der Waals surface area contributed by atoms with Crippen LogP contribution in [0.5, 0.6) is 0 Å². The number of hydrogen-bond donors (Lipinski definition) is 2. The van der Waals surface area contributed by atoms with Crippen LogP contribution in [0.15, 0.2) is 0 Å². The highest BCUT2D eigenvalue weighted by Gasteiger charge is 2.35. The number of carbonyl (C=O) groups is 2. The molecule has 1 aliphatic rings. The fourth-order valence-corrected chi connectivity index (χ4v) is 3.24. The molecule has 3 atom stereocenters. The molecule has 0 radical (unpaired) electrons. The van der Waals surface area contributed by atoms with Gasteiger partial charge < -0.3 is 15.7 Å². The highest BCUT2D eigenvalue weighted by molar-refractivity contribution is 5.84. The van der Waals surface area contributed by atoms with Crippen LogP contribution >= 0.6 is 0 Å². The van der Waals surface area contributed by atoms with Crippen LogP contribution in [0.2, 0.25) is 0 Å². The van der Waals surface area contributed by atoms with Gasteiger partial charge in [0.2, 0.25) is 5.91 Å². The number of rotatable bonds is 7. The van der Waals surface area contributed by atoms with Crippen molar-refractivity contribution >= 4 is 11.9 Å². The Kier molecular flexibility index (Phi) is 7.15. The Morgan fingerprint density at radius 2 is 2.05 bits per heavy atom. The van der Waals surface area contributed by atoms with Gasteiger partial charge in [-0.15, -0.1) is 0 Å². The van der Waals surface area contributed by atoms with Crippen molar-refractivity contribution in [2.24, 2.45) is 23.5 Å². The highest BCUT2D eigenvalue weighted by Crippen LogP contribution is 2.27. The van der Waals surface area contributed by atoms with Gasteiger partial charge in [-0.3, -0.25) is 4.79 Å². The summed E-state index contributed by atoms with van der Waals surface area (Å²) >= 11 is 0. The average molecular weight is 298 g/mol. The van der Waals surface area contributed by atoms with E-state index in [0.29, 0.717) is 37.8 Å². The third kappa shape index (κ3) is 5.30. The van der Waals surface area contributed by atoms with Crippen LogP contribution in [-0.4, -0.2) is 41.0 Å². The zero-order valence-electron chi connectivity index (χ0n) is 13.5. The number of carboxylic acids is 1. The van der Waals surface area contributed by atoms with Gasteiger partial charge in [0.25, 0.3) is 0 Å². The van der Waals surface area contributed by atoms with E-state index in [4.69, 9.17) is 5.73 Å². The van der Waals surface area contributed by atoms with Crippen LogP contribution in [-0.2, 0) is 9.59 Å². The molecule has 1 amide bonds. The van der Waals surface area contributed by atoms with Gasteiger partial charge in [0.05, 0.1) is 0 Å². The summed E-state index contributed by atoms with van der Waals surface area (Å²) in [5.41, 5.74) is 5.75. The first-order valence-electron chi connectivity index (χ1n) is 8.11. The van der Waals surface area contributed by atoms with Crippen LogP contribution in [0.25, 0.3) is 0 Å². The Morgan fingerprint density at radius 1 is 1.38 bits per heavy atom. The molecule has 0 aromatic carbocycles. The maximum absolute atomic E-state index is 12.5. The molecule has 1 fully saturated rings. The van der Waals surface area contributed by atoms with E-state index < -0.39 is 12.0 Å². The fourth-order valence-electron chi connectivity index (χ4n) is 3.24. The van der Waals surface area contributed by atoms with E-state index in [0.717, 1.165) is 19.3 Å². The van der Waals surface area contributed by atoms with Crippen molar-refractivity contribution in [3.8, 4) is 0 Å². The summed E-state index contributed by atoms with van der Waals surface area (Å²) in [6.45, 7) is 7.34. The maximum atomic E-state index is 12.5. The molecule has 5 nitrogen and oxygen atoms in total. The lowest BCUT2D eigenvalue weighted by atomic mass is 9.87. The highest BCUT2D eigenvalue weighted by atomic mass is 16.4. The first-order chi connectivity index (χ1) is 9.88. The van der Waals surface area contributed by atoms with E-state index in [2.05, 4.69) is 20.8 Å². The van der Waals surface area contributed by atoms with E-state index in [1.165, 1.54) is 0 Å². The van der Waals surface area contributed by atoms with Gasteiger partial charge in [-0.25, -0.2) is 4.79 Å². The molecule has 3 unspecified atom stereocenters. The fraction of sp³-hybridized carbons (Fsp3) is 0.875. The van der Waals surface area contributed by atoms with E-state index in [1.807, 2.05) is 0 Å². The van der Waals surface area contributed by atoms with Crippen LogP contribution in [0.3, 0.4) is 0 Å². The van der Waals surface area contributed by atoms with E-state index in [9.17, 15) is 14.7 Å². The number of likely N-dealkylation sites (tertiary alicyclic amines) is 1. The molecule has 0 saturated carbocycles. The second kappa shape index (κ2) is 8.37. The Labute approximate surface area is 127 Å². The molecular formula is C16H30N2O3. The van der Waals surface area contributed by atoms with Crippen molar-refractivity contribution in [3.05, 3.63) is 0 Å². The van der Waals surface area contributed by atoms with Gasteiger partial charge in [-0.2, -0.15) is 0 Å². The van der Waals surface area contributed by atoms with Gasteiger partial charge >= 0.3 is 5.97 Å². The quantitative estimate of drug-likeness (QED) is 0.754. The molecule has 5 heteroatoms. The monoisotopic (exact) mass is 298 g/mol. The van der Waals surface area contributed by atoms with Crippen molar-refractivity contribution in [1.82, 2.24) is 4.90 Å². The maximum Gasteiger partial charge on any atom is 0.326 e. The molecule has 0 bridgehead atoms. The molecule has 3 N–H and O–H groups in total. The summed E-state index contributed by atoms with van der Waals surface area (Å²) in [5, 5.41) is 9.39. The zero-order chi connectivity index (χ0) is 16.0. The van der Waals surface area contributed by atoms with Crippen LogP contribution in [0.4, 0.5) is 0 Å². The number of hydrogen-bond acceptors (Lipinski definition) is 3. The molecule has 21 heavy (non-hydrogen) atoms. The van der Waals surface area contributed by atoms with Crippen molar-refractivity contribution in [2.75, 3.05) is 13.1 Å². The zero-order valence-corrected chi connectivity index (χ0v) is 13.5. The number of piperidine rings is 1. The number of amides is 1. The van der Waals surface area contributed by atoms with Crippen molar-refractivity contribution in [1.29, 1.82) is 0 Å². The summed E-state index contributed by atoms with van der Waals surface area (Å²) < 4.78 is 0. The summed E-state index contributed by atoms with van der Waals surface area (Å²) in [6.07, 6.45) is 3.74. The Morgan fingerprint density at radius 3 is 2.52 bits per heavy atom.